The molecule has 2 N–H and O–H groups in total. The molecular weight excluding hydrogens is 384 g/mol. The fourth-order valence-electron chi connectivity index (χ4n) is 2.80. The zero-order chi connectivity index (χ0) is 21.7. The van der Waals surface area contributed by atoms with E-state index in [2.05, 4.69) is 15.7 Å². The summed E-state index contributed by atoms with van der Waals surface area (Å²) in [7, 11) is 1.38. The lowest BCUT2D eigenvalue weighted by Gasteiger charge is -2.12. The van der Waals surface area contributed by atoms with Gasteiger partial charge in [-0.3, -0.25) is 10.1 Å². The minimum atomic E-state index is -1.17. The first-order chi connectivity index (χ1) is 14.4. The third kappa shape index (κ3) is 4.72. The molecule has 1 heterocycles. The van der Waals surface area contributed by atoms with Crippen LogP contribution in [0.3, 0.4) is 0 Å². The maximum Gasteiger partial charge on any atom is 0.342 e. The van der Waals surface area contributed by atoms with Crippen molar-refractivity contribution >= 4 is 17.9 Å². The van der Waals surface area contributed by atoms with E-state index in [0.717, 1.165) is 16.8 Å². The Hall–Kier alpha value is -3.94. The van der Waals surface area contributed by atoms with Crippen molar-refractivity contribution in [1.29, 1.82) is 0 Å². The zero-order valence-corrected chi connectivity index (χ0v) is 16.9. The van der Waals surface area contributed by atoms with Crippen molar-refractivity contribution < 1.29 is 19.1 Å². The number of ether oxygens (including phenoxy) is 1. The van der Waals surface area contributed by atoms with Gasteiger partial charge in [0.2, 0.25) is 0 Å². The Labute approximate surface area is 173 Å². The third-order valence-electron chi connectivity index (χ3n) is 4.36. The van der Waals surface area contributed by atoms with Gasteiger partial charge in [0.05, 0.1) is 5.69 Å². The smallest absolute Gasteiger partial charge is 0.342 e. The minimum absolute atomic E-state index is 0.212. The molecule has 8 nitrogen and oxygen atoms in total. The summed E-state index contributed by atoms with van der Waals surface area (Å²) < 4.78 is 6.89. The monoisotopic (exact) mass is 406 g/mol. The molecule has 8 heteroatoms. The molecule has 1 aromatic heterocycles. The fourth-order valence-corrected chi connectivity index (χ4v) is 2.80. The van der Waals surface area contributed by atoms with Crippen LogP contribution in [0.1, 0.15) is 22.8 Å². The van der Waals surface area contributed by atoms with Crippen molar-refractivity contribution in [3.05, 3.63) is 71.9 Å². The second-order valence-electron chi connectivity index (χ2n) is 6.66. The largest absolute Gasteiger partial charge is 0.449 e. The molecule has 3 rings (SSSR count). The van der Waals surface area contributed by atoms with E-state index in [0.29, 0.717) is 5.69 Å². The Morgan fingerprint density at radius 3 is 2.47 bits per heavy atom. The number of carbonyl (C=O) groups excluding carboxylic acids is 3. The number of para-hydroxylation sites is 1. The Bertz CT molecular complexity index is 1080. The number of nitrogens with zero attached hydrogens (tertiary/aromatic N) is 2. The van der Waals surface area contributed by atoms with Crippen LogP contribution in [0.2, 0.25) is 0 Å². The molecule has 3 aromatic rings. The predicted molar refractivity (Wildman–Crippen MR) is 111 cm³/mol. The minimum Gasteiger partial charge on any atom is -0.449 e. The van der Waals surface area contributed by atoms with Crippen LogP contribution in [0.5, 0.6) is 0 Å². The molecule has 0 fully saturated rings. The van der Waals surface area contributed by atoms with Crippen molar-refractivity contribution in [2.24, 2.45) is 0 Å². The lowest BCUT2D eigenvalue weighted by molar-refractivity contribution is -0.127. The first kappa shape index (κ1) is 20.8. The molecule has 0 aliphatic rings. The van der Waals surface area contributed by atoms with Gasteiger partial charge < -0.3 is 10.1 Å². The molecule has 1 atom stereocenters. The van der Waals surface area contributed by atoms with E-state index in [1.165, 1.54) is 14.0 Å². The van der Waals surface area contributed by atoms with E-state index in [4.69, 9.17) is 4.74 Å². The van der Waals surface area contributed by atoms with Crippen LogP contribution < -0.4 is 10.6 Å². The van der Waals surface area contributed by atoms with Crippen molar-refractivity contribution in [2.75, 3.05) is 7.05 Å². The van der Waals surface area contributed by atoms with Gasteiger partial charge in [-0.1, -0.05) is 42.0 Å². The molecule has 2 aromatic carbocycles. The van der Waals surface area contributed by atoms with Crippen LogP contribution in [0.15, 0.2) is 60.8 Å². The summed E-state index contributed by atoms with van der Waals surface area (Å²) in [5, 5.41) is 8.93. The van der Waals surface area contributed by atoms with Gasteiger partial charge in [-0.25, -0.2) is 14.3 Å². The second kappa shape index (κ2) is 9.04. The quantitative estimate of drug-likeness (QED) is 0.635. The molecular formula is C22H22N4O4. The van der Waals surface area contributed by atoms with E-state index >= 15 is 0 Å². The lowest BCUT2D eigenvalue weighted by Crippen LogP contribution is -2.43. The maximum absolute atomic E-state index is 12.9. The molecule has 0 radical (unpaired) electrons. The zero-order valence-electron chi connectivity index (χ0n) is 16.9. The molecule has 0 bridgehead atoms. The summed E-state index contributed by atoms with van der Waals surface area (Å²) in [4.78, 5) is 36.2. The number of aromatic nitrogens is 2. The highest BCUT2D eigenvalue weighted by atomic mass is 16.5. The van der Waals surface area contributed by atoms with Crippen molar-refractivity contribution in [1.82, 2.24) is 20.4 Å². The SMILES string of the molecule is CNC(=O)NC(=O)[C@@H](C)OC(=O)c1cn(-c2ccccc2)nc1-c1cccc(C)c1. The lowest BCUT2D eigenvalue weighted by atomic mass is 10.1. The number of hydrogen-bond donors (Lipinski definition) is 2. The van der Waals surface area contributed by atoms with Gasteiger partial charge in [-0.15, -0.1) is 0 Å². The van der Waals surface area contributed by atoms with E-state index < -0.39 is 24.0 Å². The highest BCUT2D eigenvalue weighted by molar-refractivity contribution is 6.00. The Kier molecular flexibility index (Phi) is 6.26. The van der Waals surface area contributed by atoms with Crippen LogP contribution in [-0.2, 0) is 9.53 Å². The molecule has 0 aliphatic heterocycles. The molecule has 0 unspecified atom stereocenters. The molecule has 154 valence electrons. The number of hydrogen-bond acceptors (Lipinski definition) is 5. The van der Waals surface area contributed by atoms with Crippen LogP contribution in [0.25, 0.3) is 16.9 Å². The second-order valence-corrected chi connectivity index (χ2v) is 6.66. The maximum atomic E-state index is 12.9. The first-order valence-electron chi connectivity index (χ1n) is 9.34. The number of aryl methyl sites for hydroxylation is 1. The van der Waals surface area contributed by atoms with E-state index in [1.807, 2.05) is 61.5 Å². The summed E-state index contributed by atoms with van der Waals surface area (Å²) in [5.74, 6) is -1.44. The topological polar surface area (TPSA) is 102 Å². The predicted octanol–water partition coefficient (Wildman–Crippen LogP) is 2.85. The number of benzene rings is 2. The number of esters is 1. The Morgan fingerprint density at radius 1 is 1.07 bits per heavy atom. The Morgan fingerprint density at radius 2 is 1.80 bits per heavy atom. The van der Waals surface area contributed by atoms with E-state index in [-0.39, 0.29) is 5.56 Å². The van der Waals surface area contributed by atoms with E-state index in [1.54, 1.807) is 10.9 Å². The van der Waals surface area contributed by atoms with Gasteiger partial charge in [-0.05, 0) is 32.0 Å². The van der Waals surface area contributed by atoms with Gasteiger partial charge in [0, 0.05) is 18.8 Å². The summed E-state index contributed by atoms with van der Waals surface area (Å²) in [6, 6.07) is 16.2. The summed E-state index contributed by atoms with van der Waals surface area (Å²) in [5.41, 5.74) is 3.19. The third-order valence-corrected chi connectivity index (χ3v) is 4.36. The van der Waals surface area contributed by atoms with Gasteiger partial charge in [-0.2, -0.15) is 5.10 Å². The molecule has 30 heavy (non-hydrogen) atoms. The fraction of sp³-hybridized carbons (Fsp3) is 0.182. The Balaban J connectivity index is 1.94. The molecule has 0 saturated carbocycles. The molecule has 3 amide bonds. The van der Waals surface area contributed by atoms with Crippen LogP contribution in [0.4, 0.5) is 4.79 Å². The van der Waals surface area contributed by atoms with E-state index in [9.17, 15) is 14.4 Å². The average molecular weight is 406 g/mol. The standard InChI is InChI=1S/C22H22N4O4/c1-14-8-7-9-16(12-14)19-18(13-26(25-19)17-10-5-4-6-11-17)21(28)30-15(2)20(27)24-22(29)23-3/h4-13,15H,1-3H3,(H2,23,24,27,29)/t15-/m1/s1. The van der Waals surface area contributed by atoms with Crippen molar-refractivity contribution in [3.63, 3.8) is 0 Å². The number of amides is 3. The molecule has 0 saturated heterocycles. The molecule has 0 spiro atoms. The summed E-state index contributed by atoms with van der Waals surface area (Å²) in [6.45, 7) is 3.34. The average Bonchev–Trinajstić information content (AvgIpc) is 3.20. The highest BCUT2D eigenvalue weighted by Gasteiger charge is 2.25. The van der Waals surface area contributed by atoms with Gasteiger partial charge in [0.15, 0.2) is 6.10 Å². The van der Waals surface area contributed by atoms with Gasteiger partial charge in [0.25, 0.3) is 5.91 Å². The molecule has 0 aliphatic carbocycles. The van der Waals surface area contributed by atoms with Crippen LogP contribution in [0, 0.1) is 6.92 Å². The number of carbonyl (C=O) groups is 3. The summed E-state index contributed by atoms with van der Waals surface area (Å²) in [6.07, 6.45) is 0.402. The summed E-state index contributed by atoms with van der Waals surface area (Å²) >= 11 is 0. The van der Waals surface area contributed by atoms with Crippen molar-refractivity contribution in [2.45, 2.75) is 20.0 Å². The number of urea groups is 1. The van der Waals surface area contributed by atoms with Crippen molar-refractivity contribution in [3.8, 4) is 16.9 Å². The normalized spacial score (nSPS) is 11.4. The first-order valence-corrected chi connectivity index (χ1v) is 9.34. The number of rotatable bonds is 5. The number of imide groups is 1. The van der Waals surface area contributed by atoms with Crippen LogP contribution in [-0.4, -0.2) is 40.8 Å². The number of nitrogens with one attached hydrogen (secondary N) is 2. The van der Waals surface area contributed by atoms with Gasteiger partial charge >= 0.3 is 12.0 Å². The van der Waals surface area contributed by atoms with Gasteiger partial charge in [0.1, 0.15) is 11.3 Å². The van der Waals surface area contributed by atoms with Crippen LogP contribution >= 0.6 is 0 Å². The highest BCUT2D eigenvalue weighted by Crippen LogP contribution is 2.25.